The van der Waals surface area contributed by atoms with Crippen LogP contribution in [0.3, 0.4) is 0 Å². The molecule has 2 rings (SSSR count). The fourth-order valence-electron chi connectivity index (χ4n) is 3.57. The fraction of sp³-hybridized carbons (Fsp3) is 0.500. The third kappa shape index (κ3) is 2.98. The number of carbonyl (C=O) groups excluding carboxylic acids is 1. The second-order valence-corrected chi connectivity index (χ2v) is 15.9. The van der Waals surface area contributed by atoms with E-state index in [1.807, 2.05) is 18.2 Å². The van der Waals surface area contributed by atoms with Gasteiger partial charge in [-0.1, -0.05) is 0 Å². The van der Waals surface area contributed by atoms with Gasteiger partial charge in [0.2, 0.25) is 0 Å². The van der Waals surface area contributed by atoms with E-state index in [0.29, 0.717) is 16.6 Å². The topological polar surface area (TPSA) is 30.6 Å². The van der Waals surface area contributed by atoms with E-state index in [4.69, 9.17) is 3.07 Å². The minimum absolute atomic E-state index is 0.0704. The van der Waals surface area contributed by atoms with Crippen molar-refractivity contribution in [2.75, 3.05) is 0 Å². The molecule has 0 aromatic heterocycles. The van der Waals surface area contributed by atoms with E-state index in [-0.39, 0.29) is 5.97 Å². The van der Waals surface area contributed by atoms with Gasteiger partial charge in [0, 0.05) is 0 Å². The van der Waals surface area contributed by atoms with Crippen molar-refractivity contribution in [2.24, 2.45) is 0 Å². The van der Waals surface area contributed by atoms with Gasteiger partial charge in [-0.2, -0.15) is 0 Å². The average Bonchev–Trinajstić information content (AvgIpc) is 2.76. The van der Waals surface area contributed by atoms with Crippen molar-refractivity contribution in [2.45, 2.75) is 58.2 Å². The van der Waals surface area contributed by atoms with Crippen LogP contribution in [0.1, 0.15) is 47.1 Å². The fourth-order valence-corrected chi connectivity index (χ4v) is 13.6. The second-order valence-electron chi connectivity index (χ2n) is 6.73. The van der Waals surface area contributed by atoms with Crippen LogP contribution in [0.25, 0.3) is 0 Å². The normalized spacial score (nSPS) is 15.9. The van der Waals surface area contributed by atoms with Gasteiger partial charge < -0.3 is 0 Å². The summed E-state index contributed by atoms with van der Waals surface area (Å²) in [5.74, 6) is 0.0704. The zero-order valence-corrected chi connectivity index (χ0v) is 17.4. The van der Waals surface area contributed by atoms with Crippen LogP contribution in [-0.4, -0.2) is 18.8 Å². The molecule has 0 aliphatic carbocycles. The predicted molar refractivity (Wildman–Crippen MR) is 105 cm³/mol. The SMILES string of the molecule is CC(C)[Si](C#CI1OC(=[OH+])c2ccccc21)(C(C)C)C(C)C. The Morgan fingerprint density at radius 2 is 1.55 bits per heavy atom. The predicted octanol–water partition coefficient (Wildman–Crippen LogP) is 5.34. The molecule has 0 saturated carbocycles. The molecular weight excluding hydrogens is 403 g/mol. The summed E-state index contributed by atoms with van der Waals surface area (Å²) in [6.07, 6.45) is 0. The van der Waals surface area contributed by atoms with Gasteiger partial charge in [-0.3, -0.25) is 0 Å². The van der Waals surface area contributed by atoms with E-state index < -0.39 is 28.3 Å². The summed E-state index contributed by atoms with van der Waals surface area (Å²) in [5, 5.41) is 0. The summed E-state index contributed by atoms with van der Waals surface area (Å²) < 4.78 is 10.4. The number of halogens is 1. The molecule has 0 radical (unpaired) electrons. The second kappa shape index (κ2) is 6.75. The van der Waals surface area contributed by atoms with Gasteiger partial charge in [0.05, 0.1) is 0 Å². The van der Waals surface area contributed by atoms with Crippen LogP contribution < -0.4 is 0 Å². The van der Waals surface area contributed by atoms with Crippen molar-refractivity contribution in [3.63, 3.8) is 0 Å². The first-order chi connectivity index (χ1) is 10.3. The molecule has 1 N–H and O–H groups in total. The van der Waals surface area contributed by atoms with Crippen LogP contribution in [0.15, 0.2) is 24.3 Å². The molecule has 0 spiro atoms. The summed E-state index contributed by atoms with van der Waals surface area (Å²) in [5.41, 5.74) is 6.44. The summed E-state index contributed by atoms with van der Waals surface area (Å²) in [7, 11) is -1.73. The van der Waals surface area contributed by atoms with Crippen molar-refractivity contribution in [3.05, 3.63) is 33.4 Å². The van der Waals surface area contributed by atoms with Crippen LogP contribution in [0, 0.1) is 13.0 Å². The molecule has 22 heavy (non-hydrogen) atoms. The summed E-state index contributed by atoms with van der Waals surface area (Å²) in [6, 6.07) is 7.91. The standard InChI is InChI=1S/C18H25IO2Si/c1-13(2)22(14(3)4,15(5)6)12-11-19-17-10-8-7-9-16(17)18(20)21-19/h7-10,13-15H,1-6H3/p+1. The maximum atomic E-state index is 9.99. The summed E-state index contributed by atoms with van der Waals surface area (Å²) >= 11 is -2.07. The number of rotatable bonds is 3. The molecule has 1 aliphatic heterocycles. The first-order valence-corrected chi connectivity index (χ1v) is 13.1. The van der Waals surface area contributed by atoms with E-state index in [1.54, 1.807) is 0 Å². The third-order valence-electron chi connectivity index (χ3n) is 4.66. The Morgan fingerprint density at radius 1 is 1.00 bits per heavy atom. The Labute approximate surface area is 143 Å². The first kappa shape index (κ1) is 17.5. The molecule has 4 heteroatoms. The molecule has 1 aromatic carbocycles. The Bertz CT molecular complexity index is 604. The van der Waals surface area contributed by atoms with E-state index in [9.17, 15) is 4.79 Å². The zero-order valence-electron chi connectivity index (χ0n) is 14.3. The molecule has 0 atom stereocenters. The number of hydrogen-bond acceptors (Lipinski definition) is 1. The molecule has 0 unspecified atom stereocenters. The van der Waals surface area contributed by atoms with Crippen LogP contribution in [-0.2, 0) is 3.07 Å². The van der Waals surface area contributed by atoms with Gasteiger partial charge in [-0.25, -0.2) is 0 Å². The molecule has 0 amide bonds. The molecule has 0 bridgehead atoms. The Balaban J connectivity index is 2.42. The van der Waals surface area contributed by atoms with Crippen LogP contribution in [0.4, 0.5) is 0 Å². The maximum absolute atomic E-state index is 9.99. The molecule has 1 aromatic rings. The quantitative estimate of drug-likeness (QED) is 0.276. The number of fused-ring (bicyclic) bond motifs is 1. The molecule has 0 fully saturated rings. The third-order valence-corrected chi connectivity index (χ3v) is 15.1. The summed E-state index contributed by atoms with van der Waals surface area (Å²) in [6.45, 7) is 13.9. The van der Waals surface area contributed by atoms with Crippen LogP contribution >= 0.6 is 20.2 Å². The minimum atomic E-state index is -2.07. The van der Waals surface area contributed by atoms with E-state index in [2.05, 4.69) is 57.1 Å². The Hall–Kier alpha value is -0.803. The first-order valence-electron chi connectivity index (χ1n) is 7.87. The van der Waals surface area contributed by atoms with Gasteiger partial charge in [0.15, 0.2) is 0 Å². The van der Waals surface area contributed by atoms with Gasteiger partial charge in [-0.15, -0.1) is 0 Å². The zero-order chi connectivity index (χ0) is 16.5. The summed E-state index contributed by atoms with van der Waals surface area (Å²) in [4.78, 5) is 9.99. The average molecular weight is 429 g/mol. The molecule has 1 aliphatic rings. The Morgan fingerprint density at radius 3 is 2.09 bits per heavy atom. The number of benzene rings is 1. The molecular formula is C18H26IO2Si+. The Kier molecular flexibility index (Phi) is 5.39. The van der Waals surface area contributed by atoms with E-state index >= 15 is 0 Å². The van der Waals surface area contributed by atoms with E-state index in [1.165, 1.54) is 0 Å². The van der Waals surface area contributed by atoms with Crippen molar-refractivity contribution in [3.8, 4) is 9.47 Å². The van der Waals surface area contributed by atoms with Gasteiger partial charge in [0.1, 0.15) is 0 Å². The van der Waals surface area contributed by atoms with E-state index in [0.717, 1.165) is 9.13 Å². The monoisotopic (exact) mass is 429 g/mol. The van der Waals surface area contributed by atoms with Crippen molar-refractivity contribution >= 4 is 34.3 Å². The van der Waals surface area contributed by atoms with Crippen LogP contribution in [0.5, 0.6) is 0 Å². The molecule has 120 valence electrons. The molecule has 0 saturated heterocycles. The van der Waals surface area contributed by atoms with Crippen molar-refractivity contribution in [1.82, 2.24) is 0 Å². The van der Waals surface area contributed by atoms with Gasteiger partial charge >= 0.3 is 143 Å². The van der Waals surface area contributed by atoms with Gasteiger partial charge in [0.25, 0.3) is 0 Å². The van der Waals surface area contributed by atoms with Gasteiger partial charge in [-0.05, 0) is 0 Å². The molecule has 2 nitrogen and oxygen atoms in total. The van der Waals surface area contributed by atoms with Crippen molar-refractivity contribution < 1.29 is 7.86 Å². The van der Waals surface area contributed by atoms with Crippen LogP contribution in [0.2, 0.25) is 16.6 Å². The molecule has 1 heterocycles. The number of hydrogen-bond donors (Lipinski definition) is 0. The van der Waals surface area contributed by atoms with Crippen molar-refractivity contribution in [1.29, 1.82) is 0 Å².